The Labute approximate surface area is 162 Å². The number of carbonyl (C=O) groups excluding carboxylic acids is 1. The van der Waals surface area contributed by atoms with Crippen molar-refractivity contribution in [2.24, 2.45) is 0 Å². The molecule has 1 aromatic carbocycles. The van der Waals surface area contributed by atoms with Crippen LogP contribution in [-0.4, -0.2) is 42.0 Å². The zero-order valence-electron chi connectivity index (χ0n) is 14.5. The molecule has 0 aliphatic rings. The van der Waals surface area contributed by atoms with Gasteiger partial charge in [-0.2, -0.15) is 5.10 Å². The van der Waals surface area contributed by atoms with E-state index in [0.717, 1.165) is 10.4 Å². The van der Waals surface area contributed by atoms with E-state index in [1.54, 1.807) is 46.9 Å². The maximum atomic E-state index is 12.2. The number of anilines is 1. The second kappa shape index (κ2) is 8.92. The lowest BCUT2D eigenvalue weighted by Crippen LogP contribution is -2.31. The molecule has 142 valence electrons. The molecule has 0 spiro atoms. The summed E-state index contributed by atoms with van der Waals surface area (Å²) in [4.78, 5) is 12.9. The molecule has 0 unspecified atom stereocenters. The van der Waals surface area contributed by atoms with Gasteiger partial charge in [-0.15, -0.1) is 11.8 Å². The largest absolute Gasteiger partial charge is 0.355 e. The molecule has 0 aliphatic heterocycles. The van der Waals surface area contributed by atoms with Crippen LogP contribution in [0, 0.1) is 0 Å². The minimum absolute atomic E-state index is 0.0685. The fraction of sp³-hybridized carbons (Fsp3) is 0.222. The summed E-state index contributed by atoms with van der Waals surface area (Å²) >= 11 is 1.59. The van der Waals surface area contributed by atoms with Gasteiger partial charge in [-0.05, 0) is 30.3 Å². The Hall–Kier alpha value is -2.52. The predicted octanol–water partition coefficient (Wildman–Crippen LogP) is 2.37. The Morgan fingerprint density at radius 1 is 1.15 bits per heavy atom. The number of hydrogen-bond donors (Lipinski definition) is 2. The van der Waals surface area contributed by atoms with Crippen LogP contribution in [0.2, 0.25) is 0 Å². The molecule has 0 aliphatic carbocycles. The molecule has 0 radical (unpaired) electrons. The van der Waals surface area contributed by atoms with Crippen LogP contribution in [0.25, 0.3) is 5.52 Å². The third-order valence-electron chi connectivity index (χ3n) is 3.71. The van der Waals surface area contributed by atoms with Gasteiger partial charge in [0.1, 0.15) is 0 Å². The van der Waals surface area contributed by atoms with E-state index in [9.17, 15) is 13.2 Å². The zero-order valence-corrected chi connectivity index (χ0v) is 16.2. The Morgan fingerprint density at radius 2 is 1.96 bits per heavy atom. The smallest absolute Gasteiger partial charge is 0.234 e. The monoisotopic (exact) mass is 404 g/mol. The first kappa shape index (κ1) is 19.2. The molecular weight excluding hydrogens is 384 g/mol. The van der Waals surface area contributed by atoms with Crippen LogP contribution in [0.5, 0.6) is 0 Å². The minimum atomic E-state index is -3.55. The van der Waals surface area contributed by atoms with Gasteiger partial charge in [0.25, 0.3) is 0 Å². The maximum absolute atomic E-state index is 12.2. The van der Waals surface area contributed by atoms with Crippen molar-refractivity contribution in [1.82, 2.24) is 14.9 Å². The Morgan fingerprint density at radius 3 is 2.78 bits per heavy atom. The summed E-state index contributed by atoms with van der Waals surface area (Å²) < 4.78 is 28.5. The van der Waals surface area contributed by atoms with Crippen LogP contribution in [-0.2, 0) is 14.8 Å². The van der Waals surface area contributed by atoms with Gasteiger partial charge in [-0.1, -0.05) is 18.2 Å². The molecule has 1 amide bonds. The summed E-state index contributed by atoms with van der Waals surface area (Å²) in [5.74, 6) is 0.301. The van der Waals surface area contributed by atoms with E-state index in [1.165, 1.54) is 0 Å². The molecule has 0 fully saturated rings. The topological polar surface area (TPSA) is 92.6 Å². The van der Waals surface area contributed by atoms with Gasteiger partial charge >= 0.3 is 0 Å². The molecule has 0 bridgehead atoms. The summed E-state index contributed by atoms with van der Waals surface area (Å²) in [5.41, 5.74) is 1.26. The lowest BCUT2D eigenvalue weighted by atomic mass is 10.4. The molecule has 3 rings (SSSR count). The third-order valence-corrected chi connectivity index (χ3v) is 6.01. The van der Waals surface area contributed by atoms with E-state index in [4.69, 9.17) is 0 Å². The highest BCUT2D eigenvalue weighted by Gasteiger charge is 2.12. The second-order valence-electron chi connectivity index (χ2n) is 5.80. The van der Waals surface area contributed by atoms with E-state index < -0.39 is 10.0 Å². The zero-order chi connectivity index (χ0) is 19.1. The van der Waals surface area contributed by atoms with Gasteiger partial charge in [0.2, 0.25) is 15.9 Å². The number of benzene rings is 1. The van der Waals surface area contributed by atoms with Crippen molar-refractivity contribution in [3.63, 3.8) is 0 Å². The average Bonchev–Trinajstić information content (AvgIpc) is 3.10. The van der Waals surface area contributed by atoms with Crippen molar-refractivity contribution in [2.45, 2.75) is 11.3 Å². The summed E-state index contributed by atoms with van der Waals surface area (Å²) in [6.45, 7) is 0.0685. The average molecular weight is 405 g/mol. The highest BCUT2D eigenvalue weighted by molar-refractivity contribution is 7.99. The Kier molecular flexibility index (Phi) is 6.36. The SMILES string of the molecule is O=C(CCSc1ccccc1)NCCS(=O)(=O)Nc1ccn2nccc2c1. The van der Waals surface area contributed by atoms with Crippen molar-refractivity contribution in [3.8, 4) is 0 Å². The highest BCUT2D eigenvalue weighted by Crippen LogP contribution is 2.17. The highest BCUT2D eigenvalue weighted by atomic mass is 32.2. The molecule has 3 aromatic rings. The molecule has 0 saturated heterocycles. The molecule has 2 heterocycles. The molecule has 7 nitrogen and oxygen atoms in total. The van der Waals surface area contributed by atoms with Gasteiger partial charge in [-0.3, -0.25) is 9.52 Å². The van der Waals surface area contributed by atoms with Gasteiger partial charge in [0, 0.05) is 36.0 Å². The number of carbonyl (C=O) groups is 1. The van der Waals surface area contributed by atoms with Gasteiger partial charge in [0.05, 0.1) is 17.0 Å². The number of nitrogens with zero attached hydrogens (tertiary/aromatic N) is 2. The number of pyridine rings is 1. The van der Waals surface area contributed by atoms with E-state index in [2.05, 4.69) is 15.1 Å². The number of aromatic nitrogens is 2. The molecule has 2 N–H and O–H groups in total. The summed E-state index contributed by atoms with van der Waals surface area (Å²) in [6.07, 6.45) is 3.66. The first-order chi connectivity index (χ1) is 13.0. The van der Waals surface area contributed by atoms with Crippen LogP contribution < -0.4 is 10.0 Å². The fourth-order valence-corrected chi connectivity index (χ4v) is 4.24. The molecule has 0 saturated carbocycles. The van der Waals surface area contributed by atoms with Gasteiger partial charge in [0.15, 0.2) is 0 Å². The molecular formula is C18H20N4O3S2. The summed E-state index contributed by atoms with van der Waals surface area (Å²) in [6, 6.07) is 14.9. The van der Waals surface area contributed by atoms with Crippen LogP contribution in [0.3, 0.4) is 0 Å². The number of fused-ring (bicyclic) bond motifs is 1. The Bertz CT molecular complexity index is 1000. The van der Waals surface area contributed by atoms with Crippen molar-refractivity contribution >= 4 is 38.9 Å². The third kappa shape index (κ3) is 6.00. The minimum Gasteiger partial charge on any atom is -0.355 e. The lowest BCUT2D eigenvalue weighted by molar-refractivity contribution is -0.120. The predicted molar refractivity (Wildman–Crippen MR) is 107 cm³/mol. The molecule has 0 atom stereocenters. The van der Waals surface area contributed by atoms with Crippen LogP contribution in [0.4, 0.5) is 5.69 Å². The molecule has 27 heavy (non-hydrogen) atoms. The number of hydrogen-bond acceptors (Lipinski definition) is 5. The number of nitrogens with one attached hydrogen (secondary N) is 2. The standard InChI is InChI=1S/C18H20N4O3S2/c23-18(8-12-26-17-4-2-1-3-5-17)19-10-13-27(24,25)21-15-7-11-22-16(14-15)6-9-20-22/h1-7,9,11,14,21H,8,10,12-13H2,(H,19,23). The fourth-order valence-electron chi connectivity index (χ4n) is 2.41. The maximum Gasteiger partial charge on any atom is 0.234 e. The van der Waals surface area contributed by atoms with Gasteiger partial charge in [-0.25, -0.2) is 12.9 Å². The second-order valence-corrected chi connectivity index (χ2v) is 8.81. The van der Waals surface area contributed by atoms with E-state index in [1.807, 2.05) is 30.3 Å². The normalized spacial score (nSPS) is 11.4. The first-order valence-corrected chi connectivity index (χ1v) is 11.0. The van der Waals surface area contributed by atoms with Crippen LogP contribution >= 0.6 is 11.8 Å². The van der Waals surface area contributed by atoms with E-state index in [-0.39, 0.29) is 18.2 Å². The van der Waals surface area contributed by atoms with Gasteiger partial charge < -0.3 is 5.32 Å². The lowest BCUT2D eigenvalue weighted by Gasteiger charge is -2.09. The van der Waals surface area contributed by atoms with Crippen molar-refractivity contribution in [1.29, 1.82) is 0 Å². The first-order valence-electron chi connectivity index (χ1n) is 8.40. The molecule has 2 aromatic heterocycles. The summed E-state index contributed by atoms with van der Waals surface area (Å²) in [5, 5.41) is 6.71. The number of rotatable bonds is 9. The van der Waals surface area contributed by atoms with Crippen molar-refractivity contribution in [3.05, 3.63) is 60.9 Å². The number of amides is 1. The van der Waals surface area contributed by atoms with Crippen molar-refractivity contribution < 1.29 is 13.2 Å². The van der Waals surface area contributed by atoms with Crippen LogP contribution in [0.1, 0.15) is 6.42 Å². The quantitative estimate of drug-likeness (QED) is 0.534. The van der Waals surface area contributed by atoms with E-state index in [0.29, 0.717) is 17.9 Å². The number of thioether (sulfide) groups is 1. The Balaban J connectivity index is 1.39. The number of sulfonamides is 1. The van der Waals surface area contributed by atoms with Crippen molar-refractivity contribution in [2.75, 3.05) is 22.8 Å². The summed E-state index contributed by atoms with van der Waals surface area (Å²) in [7, 11) is -3.55. The molecule has 9 heteroatoms. The van der Waals surface area contributed by atoms with E-state index >= 15 is 0 Å². The van der Waals surface area contributed by atoms with Crippen LogP contribution in [0.15, 0.2) is 65.8 Å².